The Balaban J connectivity index is 1.68. The Morgan fingerprint density at radius 2 is 1.68 bits per heavy atom. The average Bonchev–Trinajstić information content (AvgIpc) is 3.28. The summed E-state index contributed by atoms with van der Waals surface area (Å²) in [5.74, 6) is -1.44. The maximum Gasteiger partial charge on any atom is 0.273 e. The van der Waals surface area contributed by atoms with Gasteiger partial charge in [0.05, 0.1) is 22.6 Å². The number of nitrogens with zero attached hydrogens (tertiary/aromatic N) is 1. The molecular formula is C19H16N4O6S2. The molecule has 0 unspecified atom stereocenters. The van der Waals surface area contributed by atoms with Gasteiger partial charge in [0.15, 0.2) is 0 Å². The summed E-state index contributed by atoms with van der Waals surface area (Å²) in [6.07, 6.45) is -0.329. The fourth-order valence-corrected chi connectivity index (χ4v) is 4.70. The molecule has 0 bridgehead atoms. The van der Waals surface area contributed by atoms with Crippen molar-refractivity contribution in [3.05, 3.63) is 87.3 Å². The van der Waals surface area contributed by atoms with E-state index in [2.05, 4.69) is 15.6 Å². The Hall–Kier alpha value is -3.77. The van der Waals surface area contributed by atoms with Crippen molar-refractivity contribution in [3.8, 4) is 0 Å². The van der Waals surface area contributed by atoms with Gasteiger partial charge in [-0.05, 0) is 23.6 Å². The van der Waals surface area contributed by atoms with Gasteiger partial charge in [0.2, 0.25) is 5.91 Å². The second kappa shape index (κ2) is 9.36. The lowest BCUT2D eigenvalue weighted by atomic mass is 10.1. The molecule has 0 fully saturated rings. The fraction of sp³-hybridized carbons (Fsp3) is 0.0526. The first kappa shape index (κ1) is 21.9. The highest BCUT2D eigenvalue weighted by Crippen LogP contribution is 2.23. The Morgan fingerprint density at radius 1 is 0.968 bits per heavy atom. The number of anilines is 1. The van der Waals surface area contributed by atoms with Crippen molar-refractivity contribution in [2.75, 3.05) is 4.72 Å². The maximum absolute atomic E-state index is 12.5. The third-order valence-electron chi connectivity index (χ3n) is 4.03. The van der Waals surface area contributed by atoms with Gasteiger partial charge in [-0.15, -0.1) is 11.3 Å². The minimum Gasteiger partial charge on any atom is -0.278 e. The predicted molar refractivity (Wildman–Crippen MR) is 114 cm³/mol. The predicted octanol–water partition coefficient (Wildman–Crippen LogP) is 2.46. The Kier molecular flexibility index (Phi) is 6.62. The van der Waals surface area contributed by atoms with Crippen LogP contribution in [0.5, 0.6) is 0 Å². The molecule has 10 nitrogen and oxygen atoms in total. The van der Waals surface area contributed by atoms with Crippen molar-refractivity contribution in [2.45, 2.75) is 10.6 Å². The molecule has 2 amide bonds. The maximum atomic E-state index is 12.5. The van der Waals surface area contributed by atoms with Crippen LogP contribution >= 0.6 is 11.3 Å². The van der Waals surface area contributed by atoms with Crippen LogP contribution in [0.1, 0.15) is 15.9 Å². The van der Waals surface area contributed by atoms with Gasteiger partial charge in [-0.2, -0.15) is 0 Å². The summed E-state index contributed by atoms with van der Waals surface area (Å²) < 4.78 is 27.3. The number of hydrogen-bond acceptors (Lipinski definition) is 7. The number of carbonyl (C=O) groups is 2. The fourth-order valence-electron chi connectivity index (χ4n) is 2.63. The van der Waals surface area contributed by atoms with Crippen molar-refractivity contribution in [3.63, 3.8) is 0 Å². The van der Waals surface area contributed by atoms with E-state index < -0.39 is 26.8 Å². The van der Waals surface area contributed by atoms with E-state index in [-0.39, 0.29) is 33.1 Å². The zero-order valence-corrected chi connectivity index (χ0v) is 17.4. The van der Waals surface area contributed by atoms with Gasteiger partial charge in [0.25, 0.3) is 21.6 Å². The zero-order valence-electron chi connectivity index (χ0n) is 15.8. The van der Waals surface area contributed by atoms with Crippen molar-refractivity contribution >= 4 is 44.5 Å². The van der Waals surface area contributed by atoms with E-state index in [0.717, 1.165) is 11.3 Å². The smallest absolute Gasteiger partial charge is 0.273 e. The molecule has 0 aliphatic heterocycles. The summed E-state index contributed by atoms with van der Waals surface area (Å²) in [6, 6.07) is 14.7. The third-order valence-corrected chi connectivity index (χ3v) is 6.79. The van der Waals surface area contributed by atoms with Gasteiger partial charge in [-0.25, -0.2) is 8.42 Å². The number of nitro benzene ring substituents is 1. The zero-order chi connectivity index (χ0) is 22.4. The van der Waals surface area contributed by atoms with Crippen LogP contribution in [-0.4, -0.2) is 25.2 Å². The summed E-state index contributed by atoms with van der Waals surface area (Å²) in [5.41, 5.74) is 4.35. The van der Waals surface area contributed by atoms with Crippen LogP contribution in [-0.2, 0) is 21.2 Å². The van der Waals surface area contributed by atoms with E-state index in [1.54, 1.807) is 23.6 Å². The number of rotatable bonds is 7. The second-order valence-corrected chi connectivity index (χ2v) is 9.01. The number of para-hydroxylation sites is 2. The second-order valence-electron chi connectivity index (χ2n) is 6.15. The van der Waals surface area contributed by atoms with Crippen molar-refractivity contribution < 1.29 is 22.9 Å². The number of hydrazine groups is 1. The van der Waals surface area contributed by atoms with E-state index in [9.17, 15) is 28.1 Å². The van der Waals surface area contributed by atoms with Crippen LogP contribution < -0.4 is 15.6 Å². The van der Waals surface area contributed by atoms with Gasteiger partial charge >= 0.3 is 0 Å². The quantitative estimate of drug-likeness (QED) is 0.364. The Labute approximate surface area is 181 Å². The monoisotopic (exact) mass is 460 g/mol. The van der Waals surface area contributed by atoms with Crippen LogP contribution in [0.15, 0.2) is 70.3 Å². The molecule has 0 atom stereocenters. The first-order chi connectivity index (χ1) is 14.8. The number of hydrogen-bond donors (Lipinski definition) is 3. The van der Waals surface area contributed by atoms with E-state index in [1.807, 2.05) is 0 Å². The molecule has 0 saturated carbocycles. The molecule has 160 valence electrons. The Bertz CT molecular complexity index is 1230. The van der Waals surface area contributed by atoms with Gasteiger partial charge < -0.3 is 0 Å². The number of benzene rings is 2. The first-order valence-electron chi connectivity index (χ1n) is 8.75. The largest absolute Gasteiger partial charge is 0.278 e. The van der Waals surface area contributed by atoms with E-state index in [0.29, 0.717) is 0 Å². The number of sulfonamides is 1. The molecule has 3 rings (SSSR count). The minimum atomic E-state index is -3.87. The molecular weight excluding hydrogens is 444 g/mol. The number of amides is 2. The van der Waals surface area contributed by atoms with Gasteiger partial charge in [-0.1, -0.05) is 36.4 Å². The summed E-state index contributed by atoms with van der Waals surface area (Å²) >= 11 is 1.03. The summed E-state index contributed by atoms with van der Waals surface area (Å²) in [7, 11) is -3.87. The minimum absolute atomic E-state index is 0.0198. The lowest BCUT2D eigenvalue weighted by Gasteiger charge is -2.12. The molecule has 0 aliphatic carbocycles. The van der Waals surface area contributed by atoms with E-state index in [1.165, 1.54) is 42.5 Å². The van der Waals surface area contributed by atoms with Crippen LogP contribution in [0.2, 0.25) is 0 Å². The molecule has 2 aromatic carbocycles. The molecule has 1 aromatic heterocycles. The number of nitrogens with one attached hydrogen (secondary N) is 3. The molecule has 0 spiro atoms. The summed E-state index contributed by atoms with van der Waals surface area (Å²) in [4.78, 5) is 35.1. The van der Waals surface area contributed by atoms with Crippen LogP contribution in [0.4, 0.5) is 11.4 Å². The molecule has 3 aromatic rings. The van der Waals surface area contributed by atoms with E-state index >= 15 is 0 Å². The molecule has 1 heterocycles. The molecule has 31 heavy (non-hydrogen) atoms. The highest BCUT2D eigenvalue weighted by Gasteiger charge is 2.20. The molecule has 0 radical (unpaired) electrons. The lowest BCUT2D eigenvalue weighted by molar-refractivity contribution is -0.385. The number of carbonyl (C=O) groups excluding carboxylic acids is 2. The first-order valence-corrected chi connectivity index (χ1v) is 11.1. The van der Waals surface area contributed by atoms with E-state index in [4.69, 9.17) is 0 Å². The van der Waals surface area contributed by atoms with Gasteiger partial charge in [0.1, 0.15) is 4.21 Å². The molecule has 12 heteroatoms. The van der Waals surface area contributed by atoms with Crippen molar-refractivity contribution in [1.82, 2.24) is 10.9 Å². The third kappa shape index (κ3) is 5.43. The van der Waals surface area contributed by atoms with Crippen molar-refractivity contribution in [2.24, 2.45) is 0 Å². The summed E-state index contributed by atoms with van der Waals surface area (Å²) in [6.45, 7) is 0. The topological polar surface area (TPSA) is 148 Å². The van der Waals surface area contributed by atoms with Crippen molar-refractivity contribution in [1.29, 1.82) is 0 Å². The lowest BCUT2D eigenvalue weighted by Crippen LogP contribution is -2.42. The van der Waals surface area contributed by atoms with Crippen LogP contribution in [0.25, 0.3) is 0 Å². The molecule has 0 aliphatic rings. The standard InChI is InChI=1S/C19H16N4O6S2/c24-17(12-13-6-1-4-9-16(13)23(26)27)20-21-19(25)14-7-2-3-8-15(14)22-31(28,29)18-10-5-11-30-18/h1-11,22H,12H2,(H,20,24)(H,21,25). The summed E-state index contributed by atoms with van der Waals surface area (Å²) in [5, 5.41) is 12.7. The Morgan fingerprint density at radius 3 is 2.39 bits per heavy atom. The molecule has 0 saturated heterocycles. The van der Waals surface area contributed by atoms with Crippen LogP contribution in [0.3, 0.4) is 0 Å². The number of nitro groups is 1. The normalized spacial score (nSPS) is 10.8. The highest BCUT2D eigenvalue weighted by atomic mass is 32.2. The highest BCUT2D eigenvalue weighted by molar-refractivity contribution is 7.94. The average molecular weight is 460 g/mol. The SMILES string of the molecule is O=C(Cc1ccccc1[N+](=O)[O-])NNC(=O)c1ccccc1NS(=O)(=O)c1cccs1. The molecule has 3 N–H and O–H groups in total. The number of thiophene rings is 1. The van der Waals surface area contributed by atoms with Crippen LogP contribution in [0, 0.1) is 10.1 Å². The van der Waals surface area contributed by atoms with Gasteiger partial charge in [0, 0.05) is 11.6 Å². The van der Waals surface area contributed by atoms with Gasteiger partial charge in [-0.3, -0.25) is 35.3 Å².